The van der Waals surface area contributed by atoms with Crippen molar-refractivity contribution < 1.29 is 13.2 Å². The van der Waals surface area contributed by atoms with E-state index in [1.807, 2.05) is 0 Å². The van der Waals surface area contributed by atoms with Gasteiger partial charge in [0, 0.05) is 25.7 Å². The van der Waals surface area contributed by atoms with Gasteiger partial charge in [-0.3, -0.25) is 4.79 Å². The maximum atomic E-state index is 12.7. The van der Waals surface area contributed by atoms with Crippen molar-refractivity contribution in [3.8, 4) is 0 Å². The Morgan fingerprint density at radius 3 is 2.77 bits per heavy atom. The van der Waals surface area contributed by atoms with Gasteiger partial charge in [0.05, 0.1) is 5.92 Å². The third-order valence-corrected chi connectivity index (χ3v) is 8.71. The highest BCUT2D eigenvalue weighted by atomic mass is 32.2. The molecule has 146 valence electrons. The molecule has 0 spiro atoms. The fraction of sp³-hybridized carbons (Fsp3) is 0.722. The molecule has 8 heteroatoms. The maximum absolute atomic E-state index is 12.7. The fourth-order valence-corrected chi connectivity index (χ4v) is 6.49. The molecule has 0 unspecified atom stereocenters. The minimum atomic E-state index is -3.46. The van der Waals surface area contributed by atoms with Gasteiger partial charge >= 0.3 is 0 Å². The van der Waals surface area contributed by atoms with E-state index in [4.69, 9.17) is 0 Å². The molecule has 2 fully saturated rings. The lowest BCUT2D eigenvalue weighted by atomic mass is 9.99. The van der Waals surface area contributed by atoms with E-state index in [-0.39, 0.29) is 18.4 Å². The van der Waals surface area contributed by atoms with E-state index >= 15 is 0 Å². The molecule has 0 bridgehead atoms. The lowest BCUT2D eigenvalue weighted by Gasteiger charge is -2.31. The Morgan fingerprint density at radius 2 is 2.08 bits per heavy atom. The predicted molar refractivity (Wildman–Crippen MR) is 104 cm³/mol. The van der Waals surface area contributed by atoms with Crippen LogP contribution in [0.1, 0.15) is 39.0 Å². The minimum absolute atomic E-state index is 0.00954. The Balaban J connectivity index is 1.48. The van der Waals surface area contributed by atoms with E-state index in [9.17, 15) is 13.2 Å². The zero-order chi connectivity index (χ0) is 18.6. The number of rotatable bonds is 7. The van der Waals surface area contributed by atoms with Crippen molar-refractivity contribution in [2.45, 2.75) is 49.3 Å². The molecule has 26 heavy (non-hydrogen) atoms. The van der Waals surface area contributed by atoms with Gasteiger partial charge in [0.1, 0.15) is 4.21 Å². The van der Waals surface area contributed by atoms with Gasteiger partial charge in [0.15, 0.2) is 0 Å². The molecule has 0 aliphatic carbocycles. The predicted octanol–water partition coefficient (Wildman–Crippen LogP) is 2.14. The summed E-state index contributed by atoms with van der Waals surface area (Å²) in [5.41, 5.74) is 0. The monoisotopic (exact) mass is 399 g/mol. The summed E-state index contributed by atoms with van der Waals surface area (Å²) in [4.78, 5) is 15.0. The van der Waals surface area contributed by atoms with E-state index in [1.54, 1.807) is 17.5 Å². The molecule has 3 rings (SSSR count). The van der Waals surface area contributed by atoms with Crippen LogP contribution in [-0.4, -0.2) is 62.3 Å². The molecule has 1 aromatic heterocycles. The summed E-state index contributed by atoms with van der Waals surface area (Å²) in [6.07, 6.45) is 4.97. The maximum Gasteiger partial charge on any atom is 0.252 e. The molecule has 1 N–H and O–H groups in total. The number of carbonyl (C=O) groups is 1. The molecular formula is C18H29N3O3S2. The van der Waals surface area contributed by atoms with Crippen molar-refractivity contribution in [1.29, 1.82) is 0 Å². The summed E-state index contributed by atoms with van der Waals surface area (Å²) in [5.74, 6) is -0.259. The summed E-state index contributed by atoms with van der Waals surface area (Å²) < 4.78 is 27.2. The van der Waals surface area contributed by atoms with E-state index in [2.05, 4.69) is 17.1 Å². The van der Waals surface area contributed by atoms with Crippen LogP contribution in [0.4, 0.5) is 0 Å². The highest BCUT2D eigenvalue weighted by Crippen LogP contribution is 2.26. The lowest BCUT2D eigenvalue weighted by molar-refractivity contribution is -0.126. The average molecular weight is 400 g/mol. The van der Waals surface area contributed by atoms with Crippen LogP contribution >= 0.6 is 11.3 Å². The molecular weight excluding hydrogens is 370 g/mol. The molecule has 3 heterocycles. The second kappa shape index (κ2) is 8.82. The Bertz CT molecular complexity index is 685. The highest BCUT2D eigenvalue weighted by molar-refractivity contribution is 7.91. The molecule has 0 aromatic carbocycles. The molecule has 1 aromatic rings. The molecule has 0 saturated carbocycles. The summed E-state index contributed by atoms with van der Waals surface area (Å²) in [5, 5.41) is 4.80. The van der Waals surface area contributed by atoms with Gasteiger partial charge in [-0.15, -0.1) is 11.3 Å². The van der Waals surface area contributed by atoms with Crippen LogP contribution in [0.5, 0.6) is 0 Å². The molecule has 6 nitrogen and oxygen atoms in total. The summed E-state index contributed by atoms with van der Waals surface area (Å²) in [7, 11) is -3.46. The van der Waals surface area contributed by atoms with Gasteiger partial charge in [-0.05, 0) is 63.6 Å². The van der Waals surface area contributed by atoms with Crippen molar-refractivity contribution in [2.75, 3.05) is 32.7 Å². The van der Waals surface area contributed by atoms with Crippen LogP contribution in [-0.2, 0) is 14.8 Å². The molecule has 1 amide bonds. The standard InChI is InChI=1S/C18H29N3O3S2/c1-15(20-10-2-3-11-20)8-9-19-18(22)16-6-4-12-21(14-16)26(23,24)17-7-5-13-25-17/h5,7,13,15-16H,2-4,6,8-12,14H2,1H3,(H,19,22)/t15-,16+/m0/s1. The Labute approximate surface area is 160 Å². The number of likely N-dealkylation sites (tertiary alicyclic amines) is 1. The zero-order valence-corrected chi connectivity index (χ0v) is 17.0. The van der Waals surface area contributed by atoms with Crippen LogP contribution < -0.4 is 5.32 Å². The number of amides is 1. The number of nitrogens with zero attached hydrogens (tertiary/aromatic N) is 2. The molecule has 2 aliphatic rings. The van der Waals surface area contributed by atoms with Crippen molar-refractivity contribution in [1.82, 2.24) is 14.5 Å². The Hall–Kier alpha value is -0.960. The second-order valence-electron chi connectivity index (χ2n) is 7.31. The van der Waals surface area contributed by atoms with Crippen molar-refractivity contribution in [2.24, 2.45) is 5.92 Å². The van der Waals surface area contributed by atoms with Gasteiger partial charge in [-0.2, -0.15) is 4.31 Å². The van der Waals surface area contributed by atoms with Gasteiger partial charge in [-0.1, -0.05) is 6.07 Å². The smallest absolute Gasteiger partial charge is 0.252 e. The summed E-state index contributed by atoms with van der Waals surface area (Å²) >= 11 is 1.23. The van der Waals surface area contributed by atoms with Crippen LogP contribution in [0, 0.1) is 5.92 Å². The number of hydrogen-bond donors (Lipinski definition) is 1. The summed E-state index contributed by atoms with van der Waals surface area (Å²) in [6, 6.07) is 3.86. The van der Waals surface area contributed by atoms with Crippen LogP contribution in [0.3, 0.4) is 0 Å². The number of carbonyl (C=O) groups excluding carboxylic acids is 1. The van der Waals surface area contributed by atoms with E-state index < -0.39 is 10.0 Å². The molecule has 2 atom stereocenters. The number of sulfonamides is 1. The second-order valence-corrected chi connectivity index (χ2v) is 10.4. The van der Waals surface area contributed by atoms with Crippen molar-refractivity contribution in [3.63, 3.8) is 0 Å². The first kappa shape index (κ1) is 19.8. The molecule has 2 saturated heterocycles. The zero-order valence-electron chi connectivity index (χ0n) is 15.4. The van der Waals surface area contributed by atoms with E-state index in [0.29, 0.717) is 23.3 Å². The fourth-order valence-electron chi connectivity index (χ4n) is 3.83. The topological polar surface area (TPSA) is 69.7 Å². The van der Waals surface area contributed by atoms with Gasteiger partial charge in [0.25, 0.3) is 10.0 Å². The van der Waals surface area contributed by atoms with Gasteiger partial charge in [-0.25, -0.2) is 8.42 Å². The van der Waals surface area contributed by atoms with Crippen LogP contribution in [0.2, 0.25) is 0 Å². The lowest BCUT2D eigenvalue weighted by Crippen LogP contribution is -2.45. The Kier molecular flexibility index (Phi) is 6.71. The van der Waals surface area contributed by atoms with Crippen molar-refractivity contribution >= 4 is 27.3 Å². The number of thiophene rings is 1. The first-order chi connectivity index (χ1) is 12.5. The molecule has 0 radical (unpaired) electrons. The van der Waals surface area contributed by atoms with Crippen LogP contribution in [0.15, 0.2) is 21.7 Å². The minimum Gasteiger partial charge on any atom is -0.356 e. The number of hydrogen-bond acceptors (Lipinski definition) is 5. The van der Waals surface area contributed by atoms with Crippen molar-refractivity contribution in [3.05, 3.63) is 17.5 Å². The number of nitrogens with one attached hydrogen (secondary N) is 1. The van der Waals surface area contributed by atoms with E-state index in [1.165, 1.54) is 28.5 Å². The van der Waals surface area contributed by atoms with Gasteiger partial charge < -0.3 is 10.2 Å². The number of piperidine rings is 1. The van der Waals surface area contributed by atoms with Crippen LogP contribution in [0.25, 0.3) is 0 Å². The average Bonchev–Trinajstić information content (AvgIpc) is 3.35. The first-order valence-corrected chi connectivity index (χ1v) is 11.9. The van der Waals surface area contributed by atoms with E-state index in [0.717, 1.165) is 32.4 Å². The third kappa shape index (κ3) is 4.65. The first-order valence-electron chi connectivity index (χ1n) is 9.54. The molecule has 2 aliphatic heterocycles. The quantitative estimate of drug-likeness (QED) is 0.763. The highest BCUT2D eigenvalue weighted by Gasteiger charge is 2.33. The Morgan fingerprint density at radius 1 is 1.31 bits per heavy atom. The summed E-state index contributed by atoms with van der Waals surface area (Å²) in [6.45, 7) is 5.97. The van der Waals surface area contributed by atoms with Gasteiger partial charge in [0.2, 0.25) is 5.91 Å². The SMILES string of the molecule is C[C@@H](CCNC(=O)[C@@H]1CCCN(S(=O)(=O)c2cccs2)C1)N1CCCC1. The normalized spacial score (nSPS) is 23.8. The largest absolute Gasteiger partial charge is 0.356 e. The third-order valence-electron chi connectivity index (χ3n) is 5.47.